The third-order valence-corrected chi connectivity index (χ3v) is 3.96. The maximum absolute atomic E-state index is 6.00. The Hall–Kier alpha value is -1.78. The minimum atomic E-state index is 0.0214. The van der Waals surface area contributed by atoms with Crippen LogP contribution in [-0.4, -0.2) is 9.97 Å². The Balaban J connectivity index is 1.97. The summed E-state index contributed by atoms with van der Waals surface area (Å²) in [6.45, 7) is 2.00. The molecule has 4 heteroatoms. The van der Waals surface area contributed by atoms with Gasteiger partial charge in [-0.15, -0.1) is 0 Å². The van der Waals surface area contributed by atoms with Crippen molar-refractivity contribution in [2.75, 3.05) is 0 Å². The van der Waals surface area contributed by atoms with E-state index in [0.717, 1.165) is 26.6 Å². The lowest BCUT2D eigenvalue weighted by molar-refractivity contribution is 0.797. The minimum Gasteiger partial charge on any atom is -0.333 e. The average Bonchev–Trinajstić information content (AvgIpc) is 2.81. The van der Waals surface area contributed by atoms with E-state index in [9.17, 15) is 0 Å². The molecule has 1 heterocycles. The molecule has 3 nitrogen and oxygen atoms in total. The van der Waals surface area contributed by atoms with Crippen LogP contribution in [0, 0.1) is 0 Å². The topological polar surface area (TPSA) is 54.7 Å². The zero-order chi connectivity index (χ0) is 13.2. The molecule has 1 aromatic heterocycles. The number of benzene rings is 2. The highest BCUT2D eigenvalue weighted by atomic mass is 32.2. The number of H-pyrrole nitrogens is 1. The Bertz CT molecular complexity index is 670. The van der Waals surface area contributed by atoms with Gasteiger partial charge in [0.15, 0.2) is 5.16 Å². The summed E-state index contributed by atoms with van der Waals surface area (Å²) in [7, 11) is 0. The van der Waals surface area contributed by atoms with Crippen LogP contribution in [0.3, 0.4) is 0 Å². The summed E-state index contributed by atoms with van der Waals surface area (Å²) in [6, 6.07) is 16.2. The van der Waals surface area contributed by atoms with Crippen LogP contribution in [0.25, 0.3) is 11.0 Å². The summed E-state index contributed by atoms with van der Waals surface area (Å²) in [6.07, 6.45) is 0. The Kier molecular flexibility index (Phi) is 3.27. The fourth-order valence-electron chi connectivity index (χ4n) is 2.03. The predicted octanol–water partition coefficient (Wildman–Crippen LogP) is 3.73. The number of hydrogen-bond acceptors (Lipinski definition) is 3. The molecule has 0 aliphatic heterocycles. The molecule has 96 valence electrons. The molecule has 0 spiro atoms. The summed E-state index contributed by atoms with van der Waals surface area (Å²) in [5.41, 5.74) is 9.19. The first-order chi connectivity index (χ1) is 9.24. The second-order valence-electron chi connectivity index (χ2n) is 4.49. The number of aromatic amines is 1. The van der Waals surface area contributed by atoms with Gasteiger partial charge in [0.1, 0.15) is 0 Å². The number of imidazole rings is 1. The average molecular weight is 269 g/mol. The largest absolute Gasteiger partial charge is 0.333 e. The van der Waals surface area contributed by atoms with Crippen LogP contribution < -0.4 is 5.73 Å². The Morgan fingerprint density at radius 3 is 2.63 bits per heavy atom. The number of hydrogen-bond donors (Lipinski definition) is 2. The third kappa shape index (κ3) is 2.50. The van der Waals surface area contributed by atoms with Crippen molar-refractivity contribution >= 4 is 22.8 Å². The number of para-hydroxylation sites is 2. The maximum Gasteiger partial charge on any atom is 0.171 e. The Morgan fingerprint density at radius 1 is 1.11 bits per heavy atom. The lowest BCUT2D eigenvalue weighted by atomic mass is 10.1. The highest BCUT2D eigenvalue weighted by Crippen LogP contribution is 2.31. The van der Waals surface area contributed by atoms with Crippen LogP contribution in [0.2, 0.25) is 0 Å². The van der Waals surface area contributed by atoms with E-state index in [4.69, 9.17) is 5.73 Å². The molecule has 19 heavy (non-hydrogen) atoms. The third-order valence-electron chi connectivity index (χ3n) is 2.98. The Labute approximate surface area is 116 Å². The summed E-state index contributed by atoms with van der Waals surface area (Å²) in [5.74, 6) is 0. The lowest BCUT2D eigenvalue weighted by Crippen LogP contribution is -2.06. The summed E-state index contributed by atoms with van der Waals surface area (Å²) >= 11 is 1.62. The van der Waals surface area contributed by atoms with Crippen LogP contribution in [0.15, 0.2) is 58.6 Å². The molecule has 0 amide bonds. The van der Waals surface area contributed by atoms with Crippen LogP contribution >= 0.6 is 11.8 Å². The van der Waals surface area contributed by atoms with Crippen LogP contribution in [0.1, 0.15) is 18.5 Å². The van der Waals surface area contributed by atoms with Crippen LogP contribution in [0.4, 0.5) is 0 Å². The normalized spacial score (nSPS) is 12.7. The molecule has 0 bridgehead atoms. The van der Waals surface area contributed by atoms with Gasteiger partial charge < -0.3 is 10.7 Å². The second-order valence-corrected chi connectivity index (χ2v) is 5.52. The van der Waals surface area contributed by atoms with Crippen molar-refractivity contribution < 1.29 is 0 Å². The monoisotopic (exact) mass is 269 g/mol. The number of rotatable bonds is 3. The van der Waals surface area contributed by atoms with E-state index in [1.165, 1.54) is 0 Å². The van der Waals surface area contributed by atoms with E-state index in [2.05, 4.69) is 22.1 Å². The van der Waals surface area contributed by atoms with Crippen LogP contribution in [-0.2, 0) is 0 Å². The minimum absolute atomic E-state index is 0.0214. The first kappa shape index (κ1) is 12.3. The molecule has 0 radical (unpaired) electrons. The number of aromatic nitrogens is 2. The van der Waals surface area contributed by atoms with Gasteiger partial charge in [-0.2, -0.15) is 0 Å². The van der Waals surface area contributed by atoms with E-state index in [1.54, 1.807) is 11.8 Å². The standard InChI is InChI=1S/C15H15N3S/c1-10(16)11-6-2-5-9-14(11)19-15-17-12-7-3-4-8-13(12)18-15/h2-10H,16H2,1H3,(H,17,18). The molecule has 0 aliphatic rings. The molecule has 0 fully saturated rings. The molecule has 0 saturated carbocycles. The van der Waals surface area contributed by atoms with Gasteiger partial charge >= 0.3 is 0 Å². The molecule has 2 aromatic carbocycles. The van der Waals surface area contributed by atoms with Gasteiger partial charge in [-0.25, -0.2) is 4.98 Å². The van der Waals surface area contributed by atoms with Gasteiger partial charge in [0.25, 0.3) is 0 Å². The van der Waals surface area contributed by atoms with Crippen LogP contribution in [0.5, 0.6) is 0 Å². The number of nitrogens with zero attached hydrogens (tertiary/aromatic N) is 1. The fraction of sp³-hybridized carbons (Fsp3) is 0.133. The first-order valence-electron chi connectivity index (χ1n) is 6.21. The molecule has 3 aromatic rings. The van der Waals surface area contributed by atoms with Crippen molar-refractivity contribution in [2.24, 2.45) is 5.73 Å². The fourth-order valence-corrected chi connectivity index (χ4v) is 3.06. The first-order valence-corrected chi connectivity index (χ1v) is 7.03. The molecule has 1 atom stereocenters. The van der Waals surface area contributed by atoms with Gasteiger partial charge in [-0.05, 0) is 30.7 Å². The van der Waals surface area contributed by atoms with E-state index in [1.807, 2.05) is 43.3 Å². The molecule has 0 aliphatic carbocycles. The summed E-state index contributed by atoms with van der Waals surface area (Å²) < 4.78 is 0. The zero-order valence-corrected chi connectivity index (χ0v) is 11.4. The highest BCUT2D eigenvalue weighted by molar-refractivity contribution is 7.99. The Morgan fingerprint density at radius 2 is 1.84 bits per heavy atom. The van der Waals surface area contributed by atoms with Crippen molar-refractivity contribution in [3.63, 3.8) is 0 Å². The molecular formula is C15H15N3S. The van der Waals surface area contributed by atoms with E-state index >= 15 is 0 Å². The van der Waals surface area contributed by atoms with Crippen molar-refractivity contribution in [1.82, 2.24) is 9.97 Å². The van der Waals surface area contributed by atoms with Gasteiger partial charge in [0.05, 0.1) is 11.0 Å². The van der Waals surface area contributed by atoms with Gasteiger partial charge in [-0.1, -0.05) is 42.1 Å². The van der Waals surface area contributed by atoms with Crippen molar-refractivity contribution in [3.8, 4) is 0 Å². The second kappa shape index (κ2) is 5.07. The summed E-state index contributed by atoms with van der Waals surface area (Å²) in [5, 5.41) is 0.898. The van der Waals surface area contributed by atoms with E-state index < -0.39 is 0 Å². The molecule has 1 unspecified atom stereocenters. The molecule has 3 N–H and O–H groups in total. The summed E-state index contributed by atoms with van der Waals surface area (Å²) in [4.78, 5) is 9.05. The van der Waals surface area contributed by atoms with Crippen molar-refractivity contribution in [1.29, 1.82) is 0 Å². The number of fused-ring (bicyclic) bond motifs is 1. The van der Waals surface area contributed by atoms with Gasteiger partial charge in [0.2, 0.25) is 0 Å². The smallest absolute Gasteiger partial charge is 0.171 e. The molecular weight excluding hydrogens is 254 g/mol. The van der Waals surface area contributed by atoms with E-state index in [0.29, 0.717) is 0 Å². The quantitative estimate of drug-likeness (QED) is 0.761. The van der Waals surface area contributed by atoms with Crippen molar-refractivity contribution in [2.45, 2.75) is 23.0 Å². The maximum atomic E-state index is 6.00. The molecule has 0 saturated heterocycles. The van der Waals surface area contributed by atoms with E-state index in [-0.39, 0.29) is 6.04 Å². The predicted molar refractivity (Wildman–Crippen MR) is 79.3 cm³/mol. The SMILES string of the molecule is CC(N)c1ccccc1Sc1nc2ccccc2[nH]1. The van der Waals surface area contributed by atoms with Gasteiger partial charge in [0, 0.05) is 10.9 Å². The van der Waals surface area contributed by atoms with Gasteiger partial charge in [-0.3, -0.25) is 0 Å². The number of nitrogens with one attached hydrogen (secondary N) is 1. The zero-order valence-electron chi connectivity index (χ0n) is 10.6. The number of nitrogens with two attached hydrogens (primary N) is 1. The molecule has 3 rings (SSSR count). The lowest BCUT2D eigenvalue weighted by Gasteiger charge is -2.10. The highest BCUT2D eigenvalue weighted by Gasteiger charge is 2.10. The van der Waals surface area contributed by atoms with Crippen molar-refractivity contribution in [3.05, 3.63) is 54.1 Å².